The van der Waals surface area contributed by atoms with Crippen molar-refractivity contribution in [2.45, 2.75) is 78.2 Å². The Labute approximate surface area is 130 Å². The Morgan fingerprint density at radius 3 is 2.43 bits per heavy atom. The minimum atomic E-state index is -0.132. The van der Waals surface area contributed by atoms with Crippen LogP contribution < -0.4 is 5.32 Å². The van der Waals surface area contributed by atoms with Gasteiger partial charge in [-0.15, -0.1) is 0 Å². The third-order valence-electron chi connectivity index (χ3n) is 4.17. The molecule has 1 aromatic carbocycles. The van der Waals surface area contributed by atoms with Crippen molar-refractivity contribution in [1.29, 1.82) is 0 Å². The fourth-order valence-corrected chi connectivity index (χ4v) is 2.89. The van der Waals surface area contributed by atoms with Crippen molar-refractivity contribution in [3.63, 3.8) is 0 Å². The lowest BCUT2D eigenvalue weighted by Crippen LogP contribution is -2.31. The molecule has 0 saturated heterocycles. The van der Waals surface area contributed by atoms with Crippen molar-refractivity contribution in [3.05, 3.63) is 35.1 Å². The Kier molecular flexibility index (Phi) is 9.32. The number of nitrogens with one attached hydrogen (secondary N) is 1. The SMILES string of the molecule is CCCCCCCCC(Cc1ccc(F)cc1C)NCC. The quantitative estimate of drug-likeness (QED) is 0.538. The number of unbranched alkanes of at least 4 members (excludes halogenated alkanes) is 5. The average Bonchev–Trinajstić information content (AvgIpc) is 2.45. The zero-order valence-corrected chi connectivity index (χ0v) is 14.1. The molecule has 1 unspecified atom stereocenters. The molecule has 0 spiro atoms. The van der Waals surface area contributed by atoms with Crippen molar-refractivity contribution in [2.75, 3.05) is 6.54 Å². The molecule has 1 nitrogen and oxygen atoms in total. The first-order valence-corrected chi connectivity index (χ1v) is 8.65. The zero-order chi connectivity index (χ0) is 15.5. The van der Waals surface area contributed by atoms with Crippen LogP contribution in [0.25, 0.3) is 0 Å². The second kappa shape index (κ2) is 10.8. The van der Waals surface area contributed by atoms with Gasteiger partial charge in [0.25, 0.3) is 0 Å². The second-order valence-corrected chi connectivity index (χ2v) is 6.09. The average molecular weight is 293 g/mol. The molecule has 0 saturated carbocycles. The number of hydrogen-bond donors (Lipinski definition) is 1. The van der Waals surface area contributed by atoms with E-state index in [0.29, 0.717) is 6.04 Å². The summed E-state index contributed by atoms with van der Waals surface area (Å²) in [6.07, 6.45) is 10.3. The molecule has 0 bridgehead atoms. The summed E-state index contributed by atoms with van der Waals surface area (Å²) in [5, 5.41) is 3.58. The molecular formula is C19H32FN. The topological polar surface area (TPSA) is 12.0 Å². The van der Waals surface area contributed by atoms with Gasteiger partial charge in [-0.2, -0.15) is 0 Å². The molecule has 1 N–H and O–H groups in total. The molecule has 1 aromatic rings. The van der Waals surface area contributed by atoms with Gasteiger partial charge in [0.1, 0.15) is 5.82 Å². The van der Waals surface area contributed by atoms with E-state index in [0.717, 1.165) is 18.5 Å². The highest BCUT2D eigenvalue weighted by atomic mass is 19.1. The van der Waals surface area contributed by atoms with Gasteiger partial charge in [0.2, 0.25) is 0 Å². The van der Waals surface area contributed by atoms with Crippen molar-refractivity contribution >= 4 is 0 Å². The van der Waals surface area contributed by atoms with Crippen molar-refractivity contribution in [3.8, 4) is 0 Å². The molecular weight excluding hydrogens is 261 g/mol. The minimum Gasteiger partial charge on any atom is -0.314 e. The summed E-state index contributed by atoms with van der Waals surface area (Å²) in [6, 6.07) is 5.68. The highest BCUT2D eigenvalue weighted by molar-refractivity contribution is 5.27. The lowest BCUT2D eigenvalue weighted by atomic mass is 9.97. The van der Waals surface area contributed by atoms with E-state index in [-0.39, 0.29) is 5.82 Å². The van der Waals surface area contributed by atoms with Crippen molar-refractivity contribution in [1.82, 2.24) is 5.32 Å². The molecule has 2 heteroatoms. The molecule has 0 aliphatic heterocycles. The lowest BCUT2D eigenvalue weighted by Gasteiger charge is -2.19. The van der Waals surface area contributed by atoms with E-state index in [1.54, 1.807) is 12.1 Å². The predicted molar refractivity (Wildman–Crippen MR) is 90.3 cm³/mol. The number of halogens is 1. The first-order valence-electron chi connectivity index (χ1n) is 8.65. The maximum atomic E-state index is 13.2. The Bertz CT molecular complexity index is 389. The molecule has 21 heavy (non-hydrogen) atoms. The van der Waals surface area contributed by atoms with E-state index in [4.69, 9.17) is 0 Å². The van der Waals surface area contributed by atoms with Crippen LogP contribution in [0.1, 0.15) is 69.9 Å². The molecule has 0 radical (unpaired) electrons. The van der Waals surface area contributed by atoms with Crippen LogP contribution in [0.2, 0.25) is 0 Å². The Morgan fingerprint density at radius 1 is 1.05 bits per heavy atom. The van der Waals surface area contributed by atoms with Gasteiger partial charge in [-0.05, 0) is 49.6 Å². The molecule has 0 aliphatic carbocycles. The monoisotopic (exact) mass is 293 g/mol. The summed E-state index contributed by atoms with van der Waals surface area (Å²) in [5.74, 6) is -0.132. The number of aryl methyl sites for hydroxylation is 1. The van der Waals surface area contributed by atoms with Gasteiger partial charge in [0, 0.05) is 6.04 Å². The first kappa shape index (κ1) is 18.2. The smallest absolute Gasteiger partial charge is 0.123 e. The number of rotatable bonds is 11. The Hall–Kier alpha value is -0.890. The Morgan fingerprint density at radius 2 is 1.76 bits per heavy atom. The van der Waals surface area contributed by atoms with Crippen LogP contribution in [0.15, 0.2) is 18.2 Å². The van der Waals surface area contributed by atoms with Crippen LogP contribution in [-0.2, 0) is 6.42 Å². The molecule has 0 aromatic heterocycles. The molecule has 1 atom stereocenters. The minimum absolute atomic E-state index is 0.132. The van der Waals surface area contributed by atoms with E-state index in [2.05, 4.69) is 19.2 Å². The van der Waals surface area contributed by atoms with E-state index < -0.39 is 0 Å². The van der Waals surface area contributed by atoms with E-state index in [9.17, 15) is 4.39 Å². The van der Waals surface area contributed by atoms with E-state index in [1.807, 2.05) is 13.0 Å². The predicted octanol–water partition coefficient (Wildman–Crippen LogP) is 5.41. The van der Waals surface area contributed by atoms with Gasteiger partial charge in [0.15, 0.2) is 0 Å². The molecule has 120 valence electrons. The Balaban J connectivity index is 2.38. The van der Waals surface area contributed by atoms with Crippen LogP contribution in [-0.4, -0.2) is 12.6 Å². The maximum Gasteiger partial charge on any atom is 0.123 e. The third-order valence-corrected chi connectivity index (χ3v) is 4.17. The van der Waals surface area contributed by atoms with Gasteiger partial charge >= 0.3 is 0 Å². The van der Waals surface area contributed by atoms with Gasteiger partial charge in [-0.25, -0.2) is 4.39 Å². The largest absolute Gasteiger partial charge is 0.314 e. The summed E-state index contributed by atoms with van der Waals surface area (Å²) < 4.78 is 13.2. The third kappa shape index (κ3) is 7.61. The van der Waals surface area contributed by atoms with Crippen molar-refractivity contribution < 1.29 is 4.39 Å². The fourth-order valence-electron chi connectivity index (χ4n) is 2.89. The lowest BCUT2D eigenvalue weighted by molar-refractivity contribution is 0.459. The molecule has 0 amide bonds. The molecule has 0 fully saturated rings. The van der Waals surface area contributed by atoms with Crippen LogP contribution >= 0.6 is 0 Å². The maximum absolute atomic E-state index is 13.2. The normalized spacial score (nSPS) is 12.6. The summed E-state index contributed by atoms with van der Waals surface area (Å²) in [4.78, 5) is 0. The fraction of sp³-hybridized carbons (Fsp3) is 0.684. The summed E-state index contributed by atoms with van der Waals surface area (Å²) >= 11 is 0. The first-order chi connectivity index (χ1) is 10.2. The van der Waals surface area contributed by atoms with Gasteiger partial charge in [-0.3, -0.25) is 0 Å². The van der Waals surface area contributed by atoms with Crippen LogP contribution in [0.3, 0.4) is 0 Å². The number of hydrogen-bond acceptors (Lipinski definition) is 1. The van der Waals surface area contributed by atoms with Crippen molar-refractivity contribution in [2.24, 2.45) is 0 Å². The highest BCUT2D eigenvalue weighted by Crippen LogP contribution is 2.16. The number of likely N-dealkylation sites (N-methyl/N-ethyl adjacent to an activating group) is 1. The highest BCUT2D eigenvalue weighted by Gasteiger charge is 2.10. The van der Waals surface area contributed by atoms with E-state index >= 15 is 0 Å². The van der Waals surface area contributed by atoms with Crippen LogP contribution in [0, 0.1) is 12.7 Å². The molecule has 1 rings (SSSR count). The summed E-state index contributed by atoms with van der Waals surface area (Å²) in [5.41, 5.74) is 2.34. The summed E-state index contributed by atoms with van der Waals surface area (Å²) in [6.45, 7) is 7.42. The van der Waals surface area contributed by atoms with Gasteiger partial charge < -0.3 is 5.32 Å². The van der Waals surface area contributed by atoms with Gasteiger partial charge in [-0.1, -0.05) is 58.4 Å². The summed E-state index contributed by atoms with van der Waals surface area (Å²) in [7, 11) is 0. The number of benzene rings is 1. The van der Waals surface area contributed by atoms with Crippen LogP contribution in [0.4, 0.5) is 4.39 Å². The molecule has 0 aliphatic rings. The molecule has 0 heterocycles. The van der Waals surface area contributed by atoms with E-state index in [1.165, 1.54) is 50.5 Å². The second-order valence-electron chi connectivity index (χ2n) is 6.09. The standard InChI is InChI=1S/C19H32FN/c1-4-6-7-8-9-10-11-19(21-5-2)15-17-12-13-18(20)14-16(17)3/h12-14,19,21H,4-11,15H2,1-3H3. The van der Waals surface area contributed by atoms with Crippen LogP contribution in [0.5, 0.6) is 0 Å². The zero-order valence-electron chi connectivity index (χ0n) is 14.1. The van der Waals surface area contributed by atoms with Gasteiger partial charge in [0.05, 0.1) is 0 Å².